The van der Waals surface area contributed by atoms with Crippen LogP contribution in [0.1, 0.15) is 44.9 Å². The molecule has 0 aromatic heterocycles. The maximum Gasteiger partial charge on any atom is 0.0230 e. The van der Waals surface area contributed by atoms with Crippen molar-refractivity contribution in [2.45, 2.75) is 51.0 Å². The average molecular weight is 267 g/mol. The van der Waals surface area contributed by atoms with Gasteiger partial charge >= 0.3 is 0 Å². The van der Waals surface area contributed by atoms with E-state index >= 15 is 0 Å². The van der Waals surface area contributed by atoms with Gasteiger partial charge in [0.1, 0.15) is 0 Å². The highest BCUT2D eigenvalue weighted by Crippen LogP contribution is 2.26. The molecule has 0 bridgehead atoms. The minimum absolute atomic E-state index is 0.742. The van der Waals surface area contributed by atoms with Crippen LogP contribution in [-0.2, 0) is 0 Å². The number of rotatable bonds is 6. The Kier molecular flexibility index (Phi) is 6.62. The predicted molar refractivity (Wildman–Crippen MR) is 82.6 cm³/mol. The van der Waals surface area contributed by atoms with Crippen LogP contribution in [-0.4, -0.2) is 62.7 Å². The smallest absolute Gasteiger partial charge is 0.0230 e. The summed E-state index contributed by atoms with van der Waals surface area (Å²) in [4.78, 5) is 5.07. The number of nitrogens with zero attached hydrogens (tertiary/aromatic N) is 2. The van der Waals surface area contributed by atoms with Crippen molar-refractivity contribution in [1.29, 1.82) is 0 Å². The van der Waals surface area contributed by atoms with Crippen LogP contribution in [0.3, 0.4) is 0 Å². The van der Waals surface area contributed by atoms with Gasteiger partial charge in [0.05, 0.1) is 0 Å². The van der Waals surface area contributed by atoms with Crippen LogP contribution < -0.4 is 5.32 Å². The molecule has 1 saturated carbocycles. The third-order valence-corrected chi connectivity index (χ3v) is 5.13. The molecule has 0 spiro atoms. The molecule has 1 N–H and O–H groups in total. The quantitative estimate of drug-likeness (QED) is 0.796. The summed E-state index contributed by atoms with van der Waals surface area (Å²) < 4.78 is 0. The minimum atomic E-state index is 0.742. The van der Waals surface area contributed by atoms with Crippen molar-refractivity contribution >= 4 is 0 Å². The summed E-state index contributed by atoms with van der Waals surface area (Å²) in [6, 6.07) is 0.742. The standard InChI is InChI=1S/C16H33N3/c1-18(11-8-15-6-4-3-5-7-15)12-9-16-14-17-10-13-19(16)2/h15-17H,3-14H2,1-2H3. The Bertz CT molecular complexity index is 238. The van der Waals surface area contributed by atoms with Gasteiger partial charge in [-0.3, -0.25) is 0 Å². The summed E-state index contributed by atoms with van der Waals surface area (Å²) in [6.07, 6.45) is 10.2. The van der Waals surface area contributed by atoms with Crippen molar-refractivity contribution in [2.75, 3.05) is 46.8 Å². The molecule has 3 nitrogen and oxygen atoms in total. The molecule has 1 aliphatic carbocycles. The van der Waals surface area contributed by atoms with E-state index in [4.69, 9.17) is 0 Å². The van der Waals surface area contributed by atoms with Gasteiger partial charge in [-0.15, -0.1) is 0 Å². The summed E-state index contributed by atoms with van der Waals surface area (Å²) in [6.45, 7) is 6.09. The normalized spacial score (nSPS) is 27.0. The van der Waals surface area contributed by atoms with Gasteiger partial charge in [0.15, 0.2) is 0 Å². The van der Waals surface area contributed by atoms with Gasteiger partial charge in [0.25, 0.3) is 0 Å². The number of piperazine rings is 1. The number of nitrogens with one attached hydrogen (secondary N) is 1. The SMILES string of the molecule is CN(CCC1CCCCC1)CCC1CNCCN1C. The molecule has 1 saturated heterocycles. The molecule has 1 aliphatic heterocycles. The fraction of sp³-hybridized carbons (Fsp3) is 1.00. The van der Waals surface area contributed by atoms with E-state index < -0.39 is 0 Å². The molecule has 1 unspecified atom stereocenters. The zero-order chi connectivity index (χ0) is 13.5. The van der Waals surface area contributed by atoms with Gasteiger partial charge in [-0.2, -0.15) is 0 Å². The second-order valence-corrected chi connectivity index (χ2v) is 6.72. The first kappa shape index (κ1) is 15.3. The van der Waals surface area contributed by atoms with Crippen molar-refractivity contribution in [3.05, 3.63) is 0 Å². The lowest BCUT2D eigenvalue weighted by Gasteiger charge is -2.34. The molecule has 3 heteroatoms. The summed E-state index contributed by atoms with van der Waals surface area (Å²) in [5, 5.41) is 3.51. The summed E-state index contributed by atoms with van der Waals surface area (Å²) >= 11 is 0. The van der Waals surface area contributed by atoms with E-state index in [1.165, 1.54) is 71.1 Å². The summed E-state index contributed by atoms with van der Waals surface area (Å²) in [5.74, 6) is 1.02. The highest BCUT2D eigenvalue weighted by atomic mass is 15.2. The molecule has 2 aliphatic rings. The highest BCUT2D eigenvalue weighted by molar-refractivity contribution is 4.78. The van der Waals surface area contributed by atoms with E-state index in [0.29, 0.717) is 0 Å². The monoisotopic (exact) mass is 267 g/mol. The van der Waals surface area contributed by atoms with Gasteiger partial charge in [-0.05, 0) is 45.9 Å². The maximum absolute atomic E-state index is 3.51. The summed E-state index contributed by atoms with van der Waals surface area (Å²) in [5.41, 5.74) is 0. The molecule has 2 fully saturated rings. The fourth-order valence-electron chi connectivity index (χ4n) is 3.54. The van der Waals surface area contributed by atoms with Gasteiger partial charge in [0, 0.05) is 25.7 Å². The van der Waals surface area contributed by atoms with Crippen molar-refractivity contribution in [3.63, 3.8) is 0 Å². The Morgan fingerprint density at radius 1 is 1.11 bits per heavy atom. The molecule has 0 radical (unpaired) electrons. The van der Waals surface area contributed by atoms with Crippen LogP contribution in [0.5, 0.6) is 0 Å². The van der Waals surface area contributed by atoms with Gasteiger partial charge < -0.3 is 15.1 Å². The molecule has 1 atom stereocenters. The molecular weight excluding hydrogens is 234 g/mol. The molecule has 0 amide bonds. The van der Waals surface area contributed by atoms with Crippen molar-refractivity contribution < 1.29 is 0 Å². The molecule has 19 heavy (non-hydrogen) atoms. The zero-order valence-corrected chi connectivity index (χ0v) is 13.0. The Hall–Kier alpha value is -0.120. The first-order valence-electron chi connectivity index (χ1n) is 8.35. The third-order valence-electron chi connectivity index (χ3n) is 5.13. The third kappa shape index (κ3) is 5.41. The molecule has 2 rings (SSSR count). The Balaban J connectivity index is 1.57. The van der Waals surface area contributed by atoms with E-state index in [-0.39, 0.29) is 0 Å². The first-order chi connectivity index (χ1) is 9.25. The number of hydrogen-bond acceptors (Lipinski definition) is 3. The molecule has 1 heterocycles. The van der Waals surface area contributed by atoms with Crippen molar-refractivity contribution in [2.24, 2.45) is 5.92 Å². The van der Waals surface area contributed by atoms with Crippen LogP contribution in [0.2, 0.25) is 0 Å². The van der Waals surface area contributed by atoms with Gasteiger partial charge in [-0.25, -0.2) is 0 Å². The van der Waals surface area contributed by atoms with E-state index in [2.05, 4.69) is 29.2 Å². The largest absolute Gasteiger partial charge is 0.314 e. The molecule has 112 valence electrons. The molecule has 0 aromatic rings. The second kappa shape index (κ2) is 8.23. The first-order valence-corrected chi connectivity index (χ1v) is 8.35. The zero-order valence-electron chi connectivity index (χ0n) is 13.0. The van der Waals surface area contributed by atoms with Gasteiger partial charge in [-0.1, -0.05) is 32.1 Å². The lowest BCUT2D eigenvalue weighted by molar-refractivity contribution is 0.169. The van der Waals surface area contributed by atoms with E-state index in [9.17, 15) is 0 Å². The van der Waals surface area contributed by atoms with Crippen LogP contribution in [0.4, 0.5) is 0 Å². The predicted octanol–water partition coefficient (Wildman–Crippen LogP) is 2.18. The van der Waals surface area contributed by atoms with Gasteiger partial charge in [0.2, 0.25) is 0 Å². The maximum atomic E-state index is 3.51. The van der Waals surface area contributed by atoms with Crippen molar-refractivity contribution in [1.82, 2.24) is 15.1 Å². The van der Waals surface area contributed by atoms with E-state index in [1.807, 2.05) is 0 Å². The Morgan fingerprint density at radius 3 is 2.58 bits per heavy atom. The van der Waals surface area contributed by atoms with E-state index in [0.717, 1.165) is 18.5 Å². The Labute approximate surface area is 119 Å². The summed E-state index contributed by atoms with van der Waals surface area (Å²) in [7, 11) is 4.58. The van der Waals surface area contributed by atoms with Crippen LogP contribution in [0.15, 0.2) is 0 Å². The molecular formula is C16H33N3. The highest BCUT2D eigenvalue weighted by Gasteiger charge is 2.19. The minimum Gasteiger partial charge on any atom is -0.314 e. The van der Waals surface area contributed by atoms with Crippen LogP contribution in [0, 0.1) is 5.92 Å². The van der Waals surface area contributed by atoms with Crippen LogP contribution >= 0.6 is 0 Å². The average Bonchev–Trinajstić information content (AvgIpc) is 2.45. The second-order valence-electron chi connectivity index (χ2n) is 6.72. The molecule has 0 aromatic carbocycles. The lowest BCUT2D eigenvalue weighted by atomic mass is 9.87. The lowest BCUT2D eigenvalue weighted by Crippen LogP contribution is -2.50. The van der Waals surface area contributed by atoms with Crippen LogP contribution in [0.25, 0.3) is 0 Å². The fourth-order valence-corrected chi connectivity index (χ4v) is 3.54. The Morgan fingerprint density at radius 2 is 1.84 bits per heavy atom. The van der Waals surface area contributed by atoms with Crippen molar-refractivity contribution in [3.8, 4) is 0 Å². The number of likely N-dealkylation sites (N-methyl/N-ethyl adjacent to an activating group) is 1. The topological polar surface area (TPSA) is 18.5 Å². The van der Waals surface area contributed by atoms with E-state index in [1.54, 1.807) is 0 Å². The number of hydrogen-bond donors (Lipinski definition) is 1.